The summed E-state index contributed by atoms with van der Waals surface area (Å²) in [5.41, 5.74) is -0.754. The molecule has 0 spiro atoms. The van der Waals surface area contributed by atoms with Gasteiger partial charge < -0.3 is 19.5 Å². The number of benzene rings is 2. The lowest BCUT2D eigenvalue weighted by Crippen LogP contribution is -2.22. The van der Waals surface area contributed by atoms with Crippen molar-refractivity contribution >= 4 is 29.0 Å². The summed E-state index contributed by atoms with van der Waals surface area (Å²) in [5.74, 6) is -0.711. The summed E-state index contributed by atoms with van der Waals surface area (Å²) in [5, 5.41) is 6.16. The van der Waals surface area contributed by atoms with Crippen LogP contribution in [0.5, 0.6) is 17.4 Å². The van der Waals surface area contributed by atoms with Gasteiger partial charge in [-0.1, -0.05) is 23.7 Å². The second kappa shape index (κ2) is 8.66. The number of hydrogen-bond acceptors (Lipinski definition) is 6. The number of ether oxygens (including phenoxy) is 3. The quantitative estimate of drug-likeness (QED) is 0.521. The van der Waals surface area contributed by atoms with Gasteiger partial charge in [0.15, 0.2) is 29.6 Å². The van der Waals surface area contributed by atoms with Gasteiger partial charge in [-0.25, -0.2) is 0 Å². The monoisotopic (exact) mass is 481 g/mol. The normalized spacial score (nSPS) is 12.5. The molecular weight excluding hydrogens is 467 g/mol. The van der Waals surface area contributed by atoms with Gasteiger partial charge in [0.2, 0.25) is 12.7 Å². The maximum Gasteiger partial charge on any atom is 0.435 e. The van der Waals surface area contributed by atoms with Gasteiger partial charge in [0, 0.05) is 17.7 Å². The third kappa shape index (κ3) is 4.72. The average Bonchev–Trinajstić information content (AvgIpc) is 3.38. The van der Waals surface area contributed by atoms with E-state index in [0.29, 0.717) is 17.6 Å². The number of carbonyl (C=O) groups is 2. The Morgan fingerprint density at radius 1 is 1.18 bits per heavy atom. The summed E-state index contributed by atoms with van der Waals surface area (Å²) >= 11 is 6.09. The Labute approximate surface area is 189 Å². The van der Waals surface area contributed by atoms with Crippen LogP contribution in [0.15, 0.2) is 42.5 Å². The third-order valence-electron chi connectivity index (χ3n) is 4.57. The van der Waals surface area contributed by atoms with Crippen LogP contribution < -0.4 is 19.5 Å². The molecule has 2 aromatic carbocycles. The van der Waals surface area contributed by atoms with E-state index in [9.17, 15) is 22.8 Å². The van der Waals surface area contributed by atoms with Crippen LogP contribution in [0.4, 0.5) is 18.9 Å². The molecule has 0 saturated carbocycles. The molecule has 0 bridgehead atoms. The highest BCUT2D eigenvalue weighted by molar-refractivity contribution is 6.32. The summed E-state index contributed by atoms with van der Waals surface area (Å²) in [4.78, 5) is 24.4. The Morgan fingerprint density at radius 2 is 1.88 bits per heavy atom. The Balaban J connectivity index is 1.56. The van der Waals surface area contributed by atoms with E-state index in [1.807, 2.05) is 0 Å². The number of alkyl halides is 3. The summed E-state index contributed by atoms with van der Waals surface area (Å²) in [6, 6.07) is 9.62. The van der Waals surface area contributed by atoms with Crippen LogP contribution in [0.2, 0.25) is 5.02 Å². The van der Waals surface area contributed by atoms with Crippen LogP contribution in [0.3, 0.4) is 0 Å². The van der Waals surface area contributed by atoms with Crippen molar-refractivity contribution in [2.45, 2.75) is 13.1 Å². The SMILES string of the molecule is CC(=O)c1cc2c(cc1NC(=O)COc1cc(C(F)(F)F)nn1-c1ccccc1Cl)OCO2. The molecule has 0 saturated heterocycles. The first-order chi connectivity index (χ1) is 15.6. The van der Waals surface area contributed by atoms with Crippen molar-refractivity contribution in [2.75, 3.05) is 18.7 Å². The number of nitrogens with zero attached hydrogens (tertiary/aromatic N) is 2. The number of anilines is 1. The zero-order chi connectivity index (χ0) is 23.8. The lowest BCUT2D eigenvalue weighted by Gasteiger charge is -2.12. The standard InChI is InChI=1S/C21H15ClF3N3O5/c1-11(29)12-6-16-17(33-10-32-16)7-14(12)26-19(30)9-31-20-8-18(21(23,24)25)27-28(20)15-5-3-2-4-13(15)22/h2-8H,9-10H2,1H3,(H,26,30). The van der Waals surface area contributed by atoms with E-state index in [4.69, 9.17) is 25.8 Å². The number of nitrogens with one attached hydrogen (secondary N) is 1. The fraction of sp³-hybridized carbons (Fsp3) is 0.190. The van der Waals surface area contributed by atoms with Crippen molar-refractivity contribution in [1.82, 2.24) is 9.78 Å². The van der Waals surface area contributed by atoms with Gasteiger partial charge in [-0.05, 0) is 25.1 Å². The summed E-state index contributed by atoms with van der Waals surface area (Å²) in [6.45, 7) is 0.616. The van der Waals surface area contributed by atoms with Crippen LogP contribution in [0, 0.1) is 0 Å². The molecular formula is C21H15ClF3N3O5. The van der Waals surface area contributed by atoms with Crippen molar-refractivity contribution in [3.63, 3.8) is 0 Å². The van der Waals surface area contributed by atoms with Gasteiger partial charge in [-0.3, -0.25) is 9.59 Å². The Hall–Kier alpha value is -3.73. The Kier molecular flexibility index (Phi) is 5.90. The molecule has 1 aliphatic rings. The second-order valence-corrected chi connectivity index (χ2v) is 7.28. The first kappa shape index (κ1) is 22.5. The van der Waals surface area contributed by atoms with Gasteiger partial charge in [0.25, 0.3) is 5.91 Å². The van der Waals surface area contributed by atoms with Gasteiger partial charge in [-0.15, -0.1) is 0 Å². The van der Waals surface area contributed by atoms with E-state index in [1.54, 1.807) is 12.1 Å². The summed E-state index contributed by atoms with van der Waals surface area (Å²) in [6.07, 6.45) is -4.74. The minimum Gasteiger partial charge on any atom is -0.467 e. The molecule has 172 valence electrons. The van der Waals surface area contributed by atoms with E-state index >= 15 is 0 Å². The molecule has 0 aliphatic carbocycles. The topological polar surface area (TPSA) is 91.7 Å². The van der Waals surface area contributed by atoms with Crippen LogP contribution in [0.25, 0.3) is 5.69 Å². The lowest BCUT2D eigenvalue weighted by molar-refractivity contribution is -0.141. The fourth-order valence-corrected chi connectivity index (χ4v) is 3.28. The number of ketones is 1. The smallest absolute Gasteiger partial charge is 0.435 e. The highest BCUT2D eigenvalue weighted by Gasteiger charge is 2.36. The van der Waals surface area contributed by atoms with E-state index in [-0.39, 0.29) is 40.4 Å². The number of carbonyl (C=O) groups excluding carboxylic acids is 2. The molecule has 0 fully saturated rings. The molecule has 0 radical (unpaired) electrons. The Bertz CT molecular complexity index is 1240. The number of para-hydroxylation sites is 1. The first-order valence-electron chi connectivity index (χ1n) is 9.43. The average molecular weight is 482 g/mol. The van der Waals surface area contributed by atoms with E-state index in [0.717, 1.165) is 4.68 Å². The van der Waals surface area contributed by atoms with Crippen LogP contribution in [-0.4, -0.2) is 34.9 Å². The zero-order valence-electron chi connectivity index (χ0n) is 16.9. The zero-order valence-corrected chi connectivity index (χ0v) is 17.7. The highest BCUT2D eigenvalue weighted by atomic mass is 35.5. The number of Topliss-reactive ketones (excluding diaryl/α,β-unsaturated/α-hetero) is 1. The molecule has 0 unspecified atom stereocenters. The molecule has 1 N–H and O–H groups in total. The number of rotatable bonds is 6. The second-order valence-electron chi connectivity index (χ2n) is 6.87. The molecule has 2 heterocycles. The Morgan fingerprint density at radius 3 is 2.55 bits per heavy atom. The predicted molar refractivity (Wildman–Crippen MR) is 110 cm³/mol. The number of aromatic nitrogens is 2. The van der Waals surface area contributed by atoms with E-state index < -0.39 is 24.4 Å². The van der Waals surface area contributed by atoms with Crippen molar-refractivity contribution < 1.29 is 37.0 Å². The van der Waals surface area contributed by atoms with Crippen molar-refractivity contribution in [2.24, 2.45) is 0 Å². The van der Waals surface area contributed by atoms with Crippen LogP contribution in [0.1, 0.15) is 23.0 Å². The maximum atomic E-state index is 13.2. The number of amides is 1. The van der Waals surface area contributed by atoms with Gasteiger partial charge in [0.05, 0.1) is 16.4 Å². The third-order valence-corrected chi connectivity index (χ3v) is 4.88. The van der Waals surface area contributed by atoms with Gasteiger partial charge in [0.1, 0.15) is 0 Å². The molecule has 0 atom stereocenters. The molecule has 12 heteroatoms. The largest absolute Gasteiger partial charge is 0.467 e. The minimum absolute atomic E-state index is 0.0270. The molecule has 33 heavy (non-hydrogen) atoms. The van der Waals surface area contributed by atoms with E-state index in [2.05, 4.69) is 10.4 Å². The van der Waals surface area contributed by atoms with Crippen LogP contribution in [-0.2, 0) is 11.0 Å². The lowest BCUT2D eigenvalue weighted by atomic mass is 10.1. The van der Waals surface area contributed by atoms with E-state index in [1.165, 1.54) is 31.2 Å². The maximum absolute atomic E-state index is 13.2. The number of halogens is 4. The predicted octanol–water partition coefficient (Wildman–Crippen LogP) is 4.49. The summed E-state index contributed by atoms with van der Waals surface area (Å²) in [7, 11) is 0. The van der Waals surface area contributed by atoms with Crippen molar-refractivity contribution in [3.8, 4) is 23.1 Å². The number of hydrogen-bond donors (Lipinski definition) is 1. The summed E-state index contributed by atoms with van der Waals surface area (Å²) < 4.78 is 56.3. The molecule has 4 rings (SSSR count). The fourth-order valence-electron chi connectivity index (χ4n) is 3.06. The van der Waals surface area contributed by atoms with Crippen LogP contribution >= 0.6 is 11.6 Å². The molecule has 1 amide bonds. The van der Waals surface area contributed by atoms with Gasteiger partial charge in [-0.2, -0.15) is 23.0 Å². The minimum atomic E-state index is -4.74. The molecule has 8 nitrogen and oxygen atoms in total. The number of fused-ring (bicyclic) bond motifs is 1. The van der Waals surface area contributed by atoms with Gasteiger partial charge >= 0.3 is 6.18 Å². The molecule has 3 aromatic rings. The molecule has 1 aliphatic heterocycles. The molecule has 1 aromatic heterocycles. The van der Waals surface area contributed by atoms with Crippen molar-refractivity contribution in [1.29, 1.82) is 0 Å². The highest BCUT2D eigenvalue weighted by Crippen LogP contribution is 2.37. The first-order valence-corrected chi connectivity index (χ1v) is 9.80. The van der Waals surface area contributed by atoms with Crippen molar-refractivity contribution in [3.05, 3.63) is 58.7 Å².